The number of nitrogens with one attached hydrogen (secondary N) is 2. The summed E-state index contributed by atoms with van der Waals surface area (Å²) in [6, 6.07) is 7.07. The smallest absolute Gasteiger partial charge is 0.142 e. The molecule has 1 unspecified atom stereocenters. The fourth-order valence-corrected chi connectivity index (χ4v) is 2.36. The van der Waals surface area contributed by atoms with Crippen molar-refractivity contribution in [1.29, 1.82) is 0 Å². The Morgan fingerprint density at radius 3 is 2.95 bits per heavy atom. The summed E-state index contributed by atoms with van der Waals surface area (Å²) < 4.78 is 5.61. The summed E-state index contributed by atoms with van der Waals surface area (Å²) >= 11 is 0. The van der Waals surface area contributed by atoms with Crippen LogP contribution < -0.4 is 15.4 Å². The monoisotopic (exact) mass is 262 g/mol. The summed E-state index contributed by atoms with van der Waals surface area (Å²) in [7, 11) is 0. The van der Waals surface area contributed by atoms with Gasteiger partial charge in [0.2, 0.25) is 0 Å². The van der Waals surface area contributed by atoms with Crippen LogP contribution in [-0.2, 0) is 6.42 Å². The zero-order chi connectivity index (χ0) is 13.7. The number of rotatable bonds is 6. The van der Waals surface area contributed by atoms with Gasteiger partial charge in [0.25, 0.3) is 0 Å². The molecular formula is C16H26N2O. The lowest BCUT2D eigenvalue weighted by atomic mass is 10.0. The van der Waals surface area contributed by atoms with E-state index in [1.165, 1.54) is 5.56 Å². The molecule has 1 atom stereocenters. The number of anilines is 1. The lowest BCUT2D eigenvalue weighted by molar-refractivity contribution is 0.323. The van der Waals surface area contributed by atoms with Crippen LogP contribution >= 0.6 is 0 Å². The van der Waals surface area contributed by atoms with Gasteiger partial charge in [-0.2, -0.15) is 0 Å². The van der Waals surface area contributed by atoms with Gasteiger partial charge in [-0.25, -0.2) is 0 Å². The Bertz CT molecular complexity index is 404. The van der Waals surface area contributed by atoms with Crippen molar-refractivity contribution < 1.29 is 4.74 Å². The van der Waals surface area contributed by atoms with Crippen molar-refractivity contribution >= 4 is 5.69 Å². The third-order valence-corrected chi connectivity index (χ3v) is 3.51. The molecule has 19 heavy (non-hydrogen) atoms. The van der Waals surface area contributed by atoms with E-state index in [1.807, 2.05) is 0 Å². The molecule has 0 saturated carbocycles. The lowest BCUT2D eigenvalue weighted by Gasteiger charge is -2.22. The minimum Gasteiger partial charge on any atom is -0.490 e. The van der Waals surface area contributed by atoms with Crippen LogP contribution in [0, 0.1) is 5.92 Å². The highest BCUT2D eigenvalue weighted by Gasteiger charge is 2.12. The predicted octanol–water partition coefficient (Wildman–Crippen LogP) is 3.06. The van der Waals surface area contributed by atoms with Crippen LogP contribution in [0.5, 0.6) is 5.75 Å². The van der Waals surface area contributed by atoms with Gasteiger partial charge in [0, 0.05) is 12.6 Å². The van der Waals surface area contributed by atoms with E-state index in [1.54, 1.807) is 0 Å². The summed E-state index contributed by atoms with van der Waals surface area (Å²) in [5, 5.41) is 7.04. The summed E-state index contributed by atoms with van der Waals surface area (Å²) in [5.41, 5.74) is 2.52. The maximum Gasteiger partial charge on any atom is 0.142 e. The van der Waals surface area contributed by atoms with E-state index in [0.717, 1.165) is 44.0 Å². The van der Waals surface area contributed by atoms with Crippen LogP contribution in [0.15, 0.2) is 18.2 Å². The third kappa shape index (κ3) is 4.13. The van der Waals surface area contributed by atoms with E-state index in [0.29, 0.717) is 12.0 Å². The van der Waals surface area contributed by atoms with Crippen LogP contribution in [-0.4, -0.2) is 25.7 Å². The van der Waals surface area contributed by atoms with Gasteiger partial charge in [0.1, 0.15) is 12.4 Å². The van der Waals surface area contributed by atoms with E-state index in [2.05, 4.69) is 49.6 Å². The zero-order valence-corrected chi connectivity index (χ0v) is 12.3. The van der Waals surface area contributed by atoms with Crippen molar-refractivity contribution in [2.75, 3.05) is 25.0 Å². The zero-order valence-electron chi connectivity index (χ0n) is 12.3. The average molecular weight is 262 g/mol. The highest BCUT2D eigenvalue weighted by molar-refractivity contribution is 5.59. The molecular weight excluding hydrogens is 236 g/mol. The van der Waals surface area contributed by atoms with E-state index in [-0.39, 0.29) is 0 Å². The highest BCUT2D eigenvalue weighted by atomic mass is 16.5. The Kier molecular flexibility index (Phi) is 5.08. The van der Waals surface area contributed by atoms with Crippen molar-refractivity contribution in [3.8, 4) is 5.75 Å². The molecule has 1 aromatic carbocycles. The van der Waals surface area contributed by atoms with Gasteiger partial charge in [0.15, 0.2) is 0 Å². The molecule has 0 bridgehead atoms. The van der Waals surface area contributed by atoms with Crippen LogP contribution in [0.4, 0.5) is 5.69 Å². The summed E-state index contributed by atoms with van der Waals surface area (Å²) in [5.74, 6) is 1.69. The molecule has 2 rings (SSSR count). The molecule has 0 radical (unpaired) electrons. The second-order valence-corrected chi connectivity index (χ2v) is 5.72. The standard InChI is InChI=1S/C16H26N2O/c1-4-14(18-11-12(2)3)9-13-5-6-16-15(10-13)17-7-8-19-16/h5-6,10,12,14,17-18H,4,7-9,11H2,1-3H3. The molecule has 0 saturated heterocycles. The van der Waals surface area contributed by atoms with E-state index in [9.17, 15) is 0 Å². The molecule has 3 heteroatoms. The van der Waals surface area contributed by atoms with E-state index >= 15 is 0 Å². The molecule has 1 heterocycles. The quantitative estimate of drug-likeness (QED) is 0.826. The van der Waals surface area contributed by atoms with Gasteiger partial charge in [-0.3, -0.25) is 0 Å². The van der Waals surface area contributed by atoms with Gasteiger partial charge in [0.05, 0.1) is 5.69 Å². The van der Waals surface area contributed by atoms with Crippen molar-refractivity contribution in [2.45, 2.75) is 39.7 Å². The van der Waals surface area contributed by atoms with Crippen LogP contribution in [0.25, 0.3) is 0 Å². The Balaban J connectivity index is 1.97. The largest absolute Gasteiger partial charge is 0.490 e. The molecule has 0 aromatic heterocycles. The number of hydrogen-bond acceptors (Lipinski definition) is 3. The van der Waals surface area contributed by atoms with Gasteiger partial charge in [-0.15, -0.1) is 0 Å². The highest BCUT2D eigenvalue weighted by Crippen LogP contribution is 2.28. The first-order valence-corrected chi connectivity index (χ1v) is 7.42. The van der Waals surface area contributed by atoms with Gasteiger partial charge in [-0.05, 0) is 43.0 Å². The molecule has 0 aliphatic carbocycles. The molecule has 2 N–H and O–H groups in total. The molecule has 0 amide bonds. The summed E-state index contributed by atoms with van der Waals surface area (Å²) in [4.78, 5) is 0. The minimum absolute atomic E-state index is 0.560. The molecule has 1 aliphatic rings. The van der Waals surface area contributed by atoms with Crippen LogP contribution in [0.2, 0.25) is 0 Å². The lowest BCUT2D eigenvalue weighted by Crippen LogP contribution is -2.33. The maximum absolute atomic E-state index is 5.61. The van der Waals surface area contributed by atoms with Crippen molar-refractivity contribution in [1.82, 2.24) is 5.32 Å². The first-order valence-electron chi connectivity index (χ1n) is 7.42. The number of fused-ring (bicyclic) bond motifs is 1. The fourth-order valence-electron chi connectivity index (χ4n) is 2.36. The maximum atomic E-state index is 5.61. The van der Waals surface area contributed by atoms with E-state index < -0.39 is 0 Å². The molecule has 106 valence electrons. The summed E-state index contributed by atoms with van der Waals surface area (Å²) in [6.45, 7) is 9.50. The minimum atomic E-state index is 0.560. The van der Waals surface area contributed by atoms with Gasteiger partial charge >= 0.3 is 0 Å². The first-order chi connectivity index (χ1) is 9.19. The van der Waals surface area contributed by atoms with Crippen molar-refractivity contribution in [2.24, 2.45) is 5.92 Å². The number of ether oxygens (including phenoxy) is 1. The Labute approximate surface area is 116 Å². The molecule has 0 spiro atoms. The van der Waals surface area contributed by atoms with Crippen molar-refractivity contribution in [3.63, 3.8) is 0 Å². The second-order valence-electron chi connectivity index (χ2n) is 5.72. The number of benzene rings is 1. The molecule has 1 aliphatic heterocycles. The first kappa shape index (κ1) is 14.2. The van der Waals surface area contributed by atoms with Crippen LogP contribution in [0.1, 0.15) is 32.8 Å². The van der Waals surface area contributed by atoms with Crippen LogP contribution in [0.3, 0.4) is 0 Å². The molecule has 1 aromatic rings. The number of hydrogen-bond donors (Lipinski definition) is 2. The normalized spacial score (nSPS) is 15.6. The van der Waals surface area contributed by atoms with Gasteiger partial charge in [-0.1, -0.05) is 26.8 Å². The van der Waals surface area contributed by atoms with E-state index in [4.69, 9.17) is 4.74 Å². The van der Waals surface area contributed by atoms with Gasteiger partial charge < -0.3 is 15.4 Å². The average Bonchev–Trinajstić information content (AvgIpc) is 2.43. The van der Waals surface area contributed by atoms with Crippen molar-refractivity contribution in [3.05, 3.63) is 23.8 Å². The fraction of sp³-hybridized carbons (Fsp3) is 0.625. The molecule has 3 nitrogen and oxygen atoms in total. The predicted molar refractivity (Wildman–Crippen MR) is 81.1 cm³/mol. The topological polar surface area (TPSA) is 33.3 Å². The third-order valence-electron chi connectivity index (χ3n) is 3.51. The SMILES string of the molecule is CCC(Cc1ccc2c(c1)NCCO2)NCC(C)C. The Morgan fingerprint density at radius 1 is 1.37 bits per heavy atom. The Hall–Kier alpha value is -1.22. The Morgan fingerprint density at radius 2 is 2.21 bits per heavy atom. The molecule has 0 fully saturated rings. The second kappa shape index (κ2) is 6.80. The summed E-state index contributed by atoms with van der Waals surface area (Å²) in [6.07, 6.45) is 2.24.